The van der Waals surface area contributed by atoms with Gasteiger partial charge in [0.25, 0.3) is 0 Å². The minimum atomic E-state index is -0.990. The largest absolute Gasteiger partial charge is 0.495 e. The SMILES string of the molecule is COc1ccc(C(C)(C)C)cc1NC(=O)CCC(=O)O. The van der Waals surface area contributed by atoms with E-state index in [1.165, 1.54) is 7.11 Å². The normalized spacial score (nSPS) is 11.0. The number of carboxylic acids is 1. The van der Waals surface area contributed by atoms with Gasteiger partial charge in [-0.3, -0.25) is 9.59 Å². The molecule has 0 fully saturated rings. The van der Waals surface area contributed by atoms with Gasteiger partial charge in [-0.1, -0.05) is 26.8 Å². The summed E-state index contributed by atoms with van der Waals surface area (Å²) in [5, 5.41) is 11.3. The van der Waals surface area contributed by atoms with Gasteiger partial charge in [-0.05, 0) is 23.1 Å². The van der Waals surface area contributed by atoms with E-state index in [1.54, 1.807) is 6.07 Å². The molecule has 2 N–H and O–H groups in total. The van der Waals surface area contributed by atoms with Crippen LogP contribution in [0.4, 0.5) is 5.69 Å². The van der Waals surface area contributed by atoms with Crippen molar-refractivity contribution in [3.05, 3.63) is 23.8 Å². The molecule has 1 aromatic carbocycles. The van der Waals surface area contributed by atoms with Crippen molar-refractivity contribution in [1.82, 2.24) is 0 Å². The van der Waals surface area contributed by atoms with Crippen molar-refractivity contribution in [3.8, 4) is 5.75 Å². The molecular weight excluding hydrogens is 258 g/mol. The average molecular weight is 279 g/mol. The maximum atomic E-state index is 11.7. The van der Waals surface area contributed by atoms with Crippen LogP contribution in [0.1, 0.15) is 39.2 Å². The van der Waals surface area contributed by atoms with Crippen LogP contribution in [0.15, 0.2) is 18.2 Å². The Bertz CT molecular complexity index is 503. The van der Waals surface area contributed by atoms with Crippen LogP contribution in [-0.4, -0.2) is 24.1 Å². The Morgan fingerprint density at radius 3 is 2.40 bits per heavy atom. The molecule has 5 heteroatoms. The molecule has 1 amide bonds. The molecule has 0 aliphatic carbocycles. The summed E-state index contributed by atoms with van der Waals surface area (Å²) in [6, 6.07) is 5.61. The van der Waals surface area contributed by atoms with Gasteiger partial charge in [-0.15, -0.1) is 0 Å². The quantitative estimate of drug-likeness (QED) is 0.869. The average Bonchev–Trinajstić information content (AvgIpc) is 2.35. The summed E-state index contributed by atoms with van der Waals surface area (Å²) in [5.41, 5.74) is 1.58. The maximum Gasteiger partial charge on any atom is 0.303 e. The number of methoxy groups -OCH3 is 1. The number of carbonyl (C=O) groups is 2. The summed E-state index contributed by atoms with van der Waals surface area (Å²) in [6.45, 7) is 6.22. The van der Waals surface area contributed by atoms with Crippen LogP contribution in [0.5, 0.6) is 5.75 Å². The number of hydrogen-bond acceptors (Lipinski definition) is 3. The minimum absolute atomic E-state index is 0.0488. The van der Waals surface area contributed by atoms with Crippen molar-refractivity contribution in [2.75, 3.05) is 12.4 Å². The van der Waals surface area contributed by atoms with Crippen LogP contribution >= 0.6 is 0 Å². The second kappa shape index (κ2) is 6.41. The molecule has 0 saturated heterocycles. The van der Waals surface area contributed by atoms with Gasteiger partial charge in [0.2, 0.25) is 5.91 Å². The summed E-state index contributed by atoms with van der Waals surface area (Å²) < 4.78 is 5.21. The van der Waals surface area contributed by atoms with Crippen molar-refractivity contribution < 1.29 is 19.4 Å². The second-order valence-electron chi connectivity index (χ2n) is 5.61. The minimum Gasteiger partial charge on any atom is -0.495 e. The third-order valence-corrected chi connectivity index (χ3v) is 2.91. The third-order valence-electron chi connectivity index (χ3n) is 2.91. The van der Waals surface area contributed by atoms with Crippen LogP contribution in [0.3, 0.4) is 0 Å². The molecule has 0 radical (unpaired) electrons. The van der Waals surface area contributed by atoms with Gasteiger partial charge in [-0.25, -0.2) is 0 Å². The predicted octanol–water partition coefficient (Wildman–Crippen LogP) is 2.80. The lowest BCUT2D eigenvalue weighted by Gasteiger charge is -2.21. The number of rotatable bonds is 5. The monoisotopic (exact) mass is 279 g/mol. The van der Waals surface area contributed by atoms with E-state index in [9.17, 15) is 9.59 Å². The maximum absolute atomic E-state index is 11.7. The first-order valence-electron chi connectivity index (χ1n) is 6.44. The predicted molar refractivity (Wildman–Crippen MR) is 77.2 cm³/mol. The molecule has 5 nitrogen and oxygen atoms in total. The smallest absolute Gasteiger partial charge is 0.303 e. The number of benzene rings is 1. The van der Waals surface area contributed by atoms with Crippen molar-refractivity contribution in [2.45, 2.75) is 39.0 Å². The number of hydrogen-bond donors (Lipinski definition) is 2. The molecule has 0 heterocycles. The lowest BCUT2D eigenvalue weighted by Crippen LogP contribution is -2.16. The molecule has 0 bridgehead atoms. The summed E-state index contributed by atoms with van der Waals surface area (Å²) in [7, 11) is 1.53. The topological polar surface area (TPSA) is 75.6 Å². The Labute approximate surface area is 118 Å². The Hall–Kier alpha value is -2.04. The molecule has 0 spiro atoms. The van der Waals surface area contributed by atoms with E-state index in [4.69, 9.17) is 9.84 Å². The lowest BCUT2D eigenvalue weighted by molar-refractivity contribution is -0.138. The van der Waals surface area contributed by atoms with Crippen molar-refractivity contribution in [2.24, 2.45) is 0 Å². The molecule has 1 aromatic rings. The second-order valence-corrected chi connectivity index (χ2v) is 5.61. The Kier molecular flexibility index (Phi) is 5.13. The zero-order valence-electron chi connectivity index (χ0n) is 12.3. The molecule has 0 aliphatic heterocycles. The first kappa shape index (κ1) is 16.0. The van der Waals surface area contributed by atoms with Gasteiger partial charge in [-0.2, -0.15) is 0 Å². The molecule has 0 atom stereocenters. The summed E-state index contributed by atoms with van der Waals surface area (Å²) in [5.74, 6) is -0.769. The van der Waals surface area contributed by atoms with Gasteiger partial charge < -0.3 is 15.2 Å². The van der Waals surface area contributed by atoms with E-state index in [0.717, 1.165) is 5.56 Å². The number of carboxylic acid groups (broad SMARTS) is 1. The van der Waals surface area contributed by atoms with Gasteiger partial charge >= 0.3 is 5.97 Å². The molecule has 0 unspecified atom stereocenters. The fourth-order valence-electron chi connectivity index (χ4n) is 1.71. The molecule has 1 rings (SSSR count). The first-order valence-corrected chi connectivity index (χ1v) is 6.44. The van der Waals surface area contributed by atoms with E-state index >= 15 is 0 Å². The molecular formula is C15H21NO4. The van der Waals surface area contributed by atoms with Crippen LogP contribution in [0.2, 0.25) is 0 Å². The lowest BCUT2D eigenvalue weighted by atomic mass is 9.87. The third kappa shape index (κ3) is 4.57. The number of anilines is 1. The zero-order chi connectivity index (χ0) is 15.3. The fraction of sp³-hybridized carbons (Fsp3) is 0.467. The van der Waals surface area contributed by atoms with Gasteiger partial charge in [0.1, 0.15) is 5.75 Å². The Balaban J connectivity index is 2.91. The summed E-state index contributed by atoms with van der Waals surface area (Å²) in [4.78, 5) is 22.2. The van der Waals surface area contributed by atoms with Crippen LogP contribution in [-0.2, 0) is 15.0 Å². The van der Waals surface area contributed by atoms with Crippen LogP contribution < -0.4 is 10.1 Å². The first-order chi connectivity index (χ1) is 9.24. The van der Waals surface area contributed by atoms with E-state index in [1.807, 2.05) is 12.1 Å². The summed E-state index contributed by atoms with van der Waals surface area (Å²) in [6.07, 6.45) is -0.245. The highest BCUT2D eigenvalue weighted by Crippen LogP contribution is 2.31. The Morgan fingerprint density at radius 1 is 1.25 bits per heavy atom. The molecule has 0 saturated carbocycles. The molecule has 20 heavy (non-hydrogen) atoms. The zero-order valence-corrected chi connectivity index (χ0v) is 12.3. The number of carbonyl (C=O) groups excluding carboxylic acids is 1. The van der Waals surface area contributed by atoms with Crippen molar-refractivity contribution >= 4 is 17.6 Å². The van der Waals surface area contributed by atoms with Gasteiger partial charge in [0, 0.05) is 6.42 Å². The highest BCUT2D eigenvalue weighted by Gasteiger charge is 2.17. The van der Waals surface area contributed by atoms with E-state index in [2.05, 4.69) is 26.1 Å². The van der Waals surface area contributed by atoms with E-state index in [-0.39, 0.29) is 24.2 Å². The van der Waals surface area contributed by atoms with Gasteiger partial charge in [0.15, 0.2) is 0 Å². The van der Waals surface area contributed by atoms with E-state index < -0.39 is 5.97 Å². The number of ether oxygens (including phenoxy) is 1. The van der Waals surface area contributed by atoms with Gasteiger partial charge in [0.05, 0.1) is 19.2 Å². The van der Waals surface area contributed by atoms with Crippen molar-refractivity contribution in [3.63, 3.8) is 0 Å². The Morgan fingerprint density at radius 2 is 1.90 bits per heavy atom. The van der Waals surface area contributed by atoms with Crippen LogP contribution in [0.25, 0.3) is 0 Å². The summed E-state index contributed by atoms with van der Waals surface area (Å²) >= 11 is 0. The number of nitrogens with one attached hydrogen (secondary N) is 1. The standard InChI is InChI=1S/C15H21NO4/c1-15(2,3)10-5-6-12(20-4)11(9-10)16-13(17)7-8-14(18)19/h5-6,9H,7-8H2,1-4H3,(H,16,17)(H,18,19). The molecule has 0 aliphatic rings. The highest BCUT2D eigenvalue weighted by atomic mass is 16.5. The molecule has 0 aromatic heterocycles. The number of amides is 1. The van der Waals surface area contributed by atoms with Crippen LogP contribution in [0, 0.1) is 0 Å². The van der Waals surface area contributed by atoms with Crippen molar-refractivity contribution in [1.29, 1.82) is 0 Å². The number of aliphatic carboxylic acids is 1. The molecule has 110 valence electrons. The van der Waals surface area contributed by atoms with E-state index in [0.29, 0.717) is 11.4 Å². The fourth-order valence-corrected chi connectivity index (χ4v) is 1.71. The highest BCUT2D eigenvalue weighted by molar-refractivity contribution is 5.93.